The van der Waals surface area contributed by atoms with Gasteiger partial charge in [0.25, 0.3) is 0 Å². The van der Waals surface area contributed by atoms with Crippen molar-refractivity contribution in [3.8, 4) is 17.2 Å². The van der Waals surface area contributed by atoms with Crippen molar-refractivity contribution in [3.05, 3.63) is 17.7 Å². The van der Waals surface area contributed by atoms with Crippen molar-refractivity contribution in [1.29, 1.82) is 0 Å². The lowest BCUT2D eigenvalue weighted by molar-refractivity contribution is 0.321. The molecule has 0 N–H and O–H groups in total. The van der Waals surface area contributed by atoms with Gasteiger partial charge in [0.2, 0.25) is 11.8 Å². The van der Waals surface area contributed by atoms with E-state index in [-0.39, 0.29) is 6.04 Å². The van der Waals surface area contributed by atoms with Crippen molar-refractivity contribution in [1.82, 2.24) is 0 Å². The fourth-order valence-corrected chi connectivity index (χ4v) is 1.60. The third kappa shape index (κ3) is 2.57. The first-order chi connectivity index (χ1) is 8.19. The molecule has 1 aromatic carbocycles. The fraction of sp³-hybridized carbons (Fsp3) is 0.417. The summed E-state index contributed by atoms with van der Waals surface area (Å²) in [5.74, 6) is 1.56. The SMILES string of the molecule is COc1ccc(C(C)N=C=O)c(OC)c1OC. The Kier molecular flexibility index (Phi) is 4.55. The monoisotopic (exact) mass is 237 g/mol. The van der Waals surface area contributed by atoms with Gasteiger partial charge >= 0.3 is 0 Å². The quantitative estimate of drug-likeness (QED) is 0.581. The average molecular weight is 237 g/mol. The molecule has 0 radical (unpaired) electrons. The number of carbonyl (C=O) groups excluding carboxylic acids is 1. The summed E-state index contributed by atoms with van der Waals surface area (Å²) in [6.07, 6.45) is 1.53. The molecular weight excluding hydrogens is 222 g/mol. The molecule has 0 heterocycles. The van der Waals surface area contributed by atoms with Gasteiger partial charge in [-0.15, -0.1) is 0 Å². The van der Waals surface area contributed by atoms with Crippen molar-refractivity contribution >= 4 is 6.08 Å². The molecule has 0 bridgehead atoms. The van der Waals surface area contributed by atoms with Gasteiger partial charge in [-0.05, 0) is 19.1 Å². The van der Waals surface area contributed by atoms with Crippen molar-refractivity contribution < 1.29 is 19.0 Å². The minimum Gasteiger partial charge on any atom is -0.493 e. The number of methoxy groups -OCH3 is 3. The van der Waals surface area contributed by atoms with Gasteiger partial charge in [0.1, 0.15) is 0 Å². The molecule has 92 valence electrons. The number of ether oxygens (including phenoxy) is 3. The van der Waals surface area contributed by atoms with Gasteiger partial charge in [-0.25, -0.2) is 4.79 Å². The summed E-state index contributed by atoms with van der Waals surface area (Å²) in [7, 11) is 4.60. The van der Waals surface area contributed by atoms with Crippen LogP contribution in [0.2, 0.25) is 0 Å². The lowest BCUT2D eigenvalue weighted by Gasteiger charge is -2.16. The van der Waals surface area contributed by atoms with Crippen LogP contribution in [-0.4, -0.2) is 27.4 Å². The molecule has 0 fully saturated rings. The van der Waals surface area contributed by atoms with Gasteiger partial charge < -0.3 is 14.2 Å². The second-order valence-electron chi connectivity index (χ2n) is 3.32. The van der Waals surface area contributed by atoms with Crippen LogP contribution in [0.1, 0.15) is 18.5 Å². The van der Waals surface area contributed by atoms with E-state index in [2.05, 4.69) is 4.99 Å². The Labute approximate surface area is 100 Å². The first-order valence-electron chi connectivity index (χ1n) is 5.05. The zero-order chi connectivity index (χ0) is 12.8. The summed E-state index contributed by atoms with van der Waals surface area (Å²) >= 11 is 0. The molecule has 0 aliphatic rings. The number of nitrogens with zero attached hydrogens (tertiary/aromatic N) is 1. The number of aliphatic imine (C=N–C) groups is 1. The molecule has 5 heteroatoms. The number of hydrogen-bond donors (Lipinski definition) is 0. The van der Waals surface area contributed by atoms with Crippen LogP contribution in [-0.2, 0) is 4.79 Å². The number of rotatable bonds is 5. The predicted octanol–water partition coefficient (Wildman–Crippen LogP) is 2.11. The van der Waals surface area contributed by atoms with Crippen LogP contribution < -0.4 is 14.2 Å². The third-order valence-corrected chi connectivity index (χ3v) is 2.43. The van der Waals surface area contributed by atoms with Gasteiger partial charge in [0, 0.05) is 5.56 Å². The molecule has 0 saturated carbocycles. The van der Waals surface area contributed by atoms with Crippen LogP contribution >= 0.6 is 0 Å². The van der Waals surface area contributed by atoms with E-state index >= 15 is 0 Å². The van der Waals surface area contributed by atoms with Gasteiger partial charge in [-0.2, -0.15) is 4.99 Å². The van der Waals surface area contributed by atoms with Crippen LogP contribution in [0.3, 0.4) is 0 Å². The second-order valence-corrected chi connectivity index (χ2v) is 3.32. The lowest BCUT2D eigenvalue weighted by Crippen LogP contribution is -2.00. The Hall–Kier alpha value is -2.00. The minimum absolute atomic E-state index is 0.345. The van der Waals surface area contributed by atoms with E-state index < -0.39 is 0 Å². The molecule has 0 aromatic heterocycles. The molecule has 0 aliphatic carbocycles. The Balaban J connectivity index is 3.37. The molecule has 0 saturated heterocycles. The number of benzene rings is 1. The van der Waals surface area contributed by atoms with Crippen molar-refractivity contribution in [2.45, 2.75) is 13.0 Å². The molecular formula is C12H15NO4. The van der Waals surface area contributed by atoms with Crippen molar-refractivity contribution in [3.63, 3.8) is 0 Å². The van der Waals surface area contributed by atoms with Crippen molar-refractivity contribution in [2.24, 2.45) is 4.99 Å². The smallest absolute Gasteiger partial charge is 0.235 e. The topological polar surface area (TPSA) is 57.1 Å². The molecule has 1 atom stereocenters. The van der Waals surface area contributed by atoms with E-state index in [1.807, 2.05) is 0 Å². The molecule has 5 nitrogen and oxygen atoms in total. The van der Waals surface area contributed by atoms with Crippen LogP contribution in [0.5, 0.6) is 17.2 Å². The molecule has 0 aliphatic heterocycles. The lowest BCUT2D eigenvalue weighted by atomic mass is 10.1. The molecule has 1 unspecified atom stereocenters. The van der Waals surface area contributed by atoms with E-state index in [1.54, 1.807) is 26.2 Å². The largest absolute Gasteiger partial charge is 0.493 e. The molecule has 1 aromatic rings. The summed E-state index contributed by atoms with van der Waals surface area (Å²) in [6, 6.07) is 3.18. The first-order valence-corrected chi connectivity index (χ1v) is 5.05. The van der Waals surface area contributed by atoms with E-state index in [0.29, 0.717) is 17.2 Å². The van der Waals surface area contributed by atoms with Gasteiger partial charge in [0.05, 0.1) is 27.4 Å². The summed E-state index contributed by atoms with van der Waals surface area (Å²) in [5.41, 5.74) is 0.744. The van der Waals surface area contributed by atoms with E-state index in [1.165, 1.54) is 20.3 Å². The summed E-state index contributed by atoms with van der Waals surface area (Å²) in [5, 5.41) is 0. The molecule has 0 amide bonds. The maximum absolute atomic E-state index is 10.3. The molecule has 1 rings (SSSR count). The molecule has 0 spiro atoms. The normalized spacial score (nSPS) is 11.3. The zero-order valence-electron chi connectivity index (χ0n) is 10.3. The average Bonchev–Trinajstić information content (AvgIpc) is 2.36. The zero-order valence-corrected chi connectivity index (χ0v) is 10.3. The first kappa shape index (κ1) is 13.1. The Morgan fingerprint density at radius 3 is 2.24 bits per heavy atom. The van der Waals surface area contributed by atoms with E-state index in [4.69, 9.17) is 14.2 Å². The summed E-state index contributed by atoms with van der Waals surface area (Å²) in [6.45, 7) is 1.77. The maximum Gasteiger partial charge on any atom is 0.235 e. The highest BCUT2D eigenvalue weighted by atomic mass is 16.5. The van der Waals surface area contributed by atoms with Crippen LogP contribution in [0, 0.1) is 0 Å². The maximum atomic E-state index is 10.3. The number of hydrogen-bond acceptors (Lipinski definition) is 5. The number of isocyanates is 1. The van der Waals surface area contributed by atoms with Gasteiger partial charge in [-0.1, -0.05) is 0 Å². The van der Waals surface area contributed by atoms with Crippen LogP contribution in [0.25, 0.3) is 0 Å². The predicted molar refractivity (Wildman–Crippen MR) is 62.6 cm³/mol. The van der Waals surface area contributed by atoms with E-state index in [0.717, 1.165) is 5.56 Å². The minimum atomic E-state index is -0.345. The highest BCUT2D eigenvalue weighted by molar-refractivity contribution is 5.57. The van der Waals surface area contributed by atoms with Crippen molar-refractivity contribution in [2.75, 3.05) is 21.3 Å². The molecule has 17 heavy (non-hydrogen) atoms. The second kappa shape index (κ2) is 5.92. The Morgan fingerprint density at radius 1 is 1.12 bits per heavy atom. The van der Waals surface area contributed by atoms with Crippen LogP contribution in [0.15, 0.2) is 17.1 Å². The fourth-order valence-electron chi connectivity index (χ4n) is 1.60. The summed E-state index contributed by atoms with van der Waals surface area (Å²) < 4.78 is 15.7. The van der Waals surface area contributed by atoms with Crippen LogP contribution in [0.4, 0.5) is 0 Å². The Morgan fingerprint density at radius 2 is 1.76 bits per heavy atom. The Bertz CT molecular complexity index is 438. The van der Waals surface area contributed by atoms with Gasteiger partial charge in [-0.3, -0.25) is 0 Å². The standard InChI is InChI=1S/C12H15NO4/c1-8(13-7-14)9-5-6-10(15-2)12(17-4)11(9)16-3/h5-6,8H,1-4H3. The highest BCUT2D eigenvalue weighted by Gasteiger charge is 2.19. The third-order valence-electron chi connectivity index (χ3n) is 2.43. The summed E-state index contributed by atoms with van der Waals surface area (Å²) in [4.78, 5) is 13.9. The van der Waals surface area contributed by atoms with E-state index in [9.17, 15) is 4.79 Å². The highest BCUT2D eigenvalue weighted by Crippen LogP contribution is 2.42. The van der Waals surface area contributed by atoms with Gasteiger partial charge in [0.15, 0.2) is 11.5 Å².